The second kappa shape index (κ2) is 9.21. The Hall–Kier alpha value is -3.80. The number of fused-ring (bicyclic) bond motifs is 2. The number of nitrogens with one attached hydrogen (secondary N) is 1. The van der Waals surface area contributed by atoms with E-state index in [4.69, 9.17) is 24.6 Å². The van der Waals surface area contributed by atoms with E-state index in [1.54, 1.807) is 6.20 Å². The van der Waals surface area contributed by atoms with Crippen molar-refractivity contribution in [1.29, 1.82) is 0 Å². The highest BCUT2D eigenvalue weighted by atomic mass is 32.2. The van der Waals surface area contributed by atoms with E-state index in [1.165, 1.54) is 24.4 Å². The lowest BCUT2D eigenvalue weighted by molar-refractivity contribution is -0.121. The van der Waals surface area contributed by atoms with Crippen LogP contribution in [-0.4, -0.2) is 43.7 Å². The SMILES string of the molecule is CC(C)CNC(=O)CCn1c(Sc2cc3c(cc2-c2ncco2)OCO3)nc2c(N)ncnc21. The fourth-order valence-corrected chi connectivity index (χ4v) is 4.51. The zero-order chi connectivity index (χ0) is 23.7. The smallest absolute Gasteiger partial charge is 0.231 e. The van der Waals surface area contributed by atoms with Crippen molar-refractivity contribution in [3.8, 4) is 23.0 Å². The molecule has 12 heteroatoms. The molecule has 0 unspecified atom stereocenters. The number of benzene rings is 1. The molecule has 3 aromatic heterocycles. The summed E-state index contributed by atoms with van der Waals surface area (Å²) in [5, 5.41) is 3.54. The van der Waals surface area contributed by atoms with Gasteiger partial charge in [0.25, 0.3) is 0 Å². The molecule has 3 N–H and O–H groups in total. The summed E-state index contributed by atoms with van der Waals surface area (Å²) < 4.78 is 18.5. The zero-order valence-electron chi connectivity index (χ0n) is 18.6. The Balaban J connectivity index is 1.51. The molecule has 11 nitrogen and oxygen atoms in total. The van der Waals surface area contributed by atoms with Crippen LogP contribution < -0.4 is 20.5 Å². The van der Waals surface area contributed by atoms with Crippen LogP contribution in [-0.2, 0) is 11.3 Å². The molecule has 0 aliphatic carbocycles. The molecule has 34 heavy (non-hydrogen) atoms. The van der Waals surface area contributed by atoms with Crippen LogP contribution >= 0.6 is 11.8 Å². The van der Waals surface area contributed by atoms with Crippen LogP contribution in [0.3, 0.4) is 0 Å². The molecule has 1 aliphatic heterocycles. The average Bonchev–Trinajstić information content (AvgIpc) is 3.56. The quantitative estimate of drug-likeness (QED) is 0.385. The number of nitrogen functional groups attached to an aromatic ring is 1. The molecule has 0 bridgehead atoms. The van der Waals surface area contributed by atoms with E-state index in [2.05, 4.69) is 34.1 Å². The summed E-state index contributed by atoms with van der Waals surface area (Å²) in [6.07, 6.45) is 4.75. The molecule has 1 aromatic carbocycles. The molecule has 4 heterocycles. The molecular formula is C22H23N7O4S. The molecule has 1 aliphatic rings. The van der Waals surface area contributed by atoms with E-state index in [0.29, 0.717) is 52.7 Å². The number of anilines is 1. The number of carbonyl (C=O) groups is 1. The molecule has 1 amide bonds. The lowest BCUT2D eigenvalue weighted by Crippen LogP contribution is -2.28. The maximum absolute atomic E-state index is 12.4. The number of hydrogen-bond donors (Lipinski definition) is 2. The molecule has 176 valence electrons. The largest absolute Gasteiger partial charge is 0.454 e. The molecule has 0 atom stereocenters. The standard InChI is InChI=1S/C22H23N7O4S/c1-12(2)9-25-17(30)3-5-29-20-18(19(23)26-10-27-20)28-22(29)34-16-8-15-14(32-11-33-15)7-13(16)21-24-4-6-31-21/h4,6-8,10,12H,3,5,9,11H2,1-2H3,(H,25,30)(H2,23,26,27). The highest BCUT2D eigenvalue weighted by Gasteiger charge is 2.23. The minimum atomic E-state index is -0.0444. The van der Waals surface area contributed by atoms with Gasteiger partial charge in [0, 0.05) is 24.4 Å². The van der Waals surface area contributed by atoms with E-state index in [9.17, 15) is 4.79 Å². The summed E-state index contributed by atoms with van der Waals surface area (Å²) in [6.45, 7) is 5.24. The van der Waals surface area contributed by atoms with Crippen molar-refractivity contribution in [2.75, 3.05) is 19.1 Å². The number of aromatic nitrogens is 5. The van der Waals surface area contributed by atoms with Crippen molar-refractivity contribution in [3.05, 3.63) is 30.9 Å². The van der Waals surface area contributed by atoms with Crippen LogP contribution in [0.5, 0.6) is 11.5 Å². The monoisotopic (exact) mass is 481 g/mol. The Morgan fingerprint density at radius 2 is 2.06 bits per heavy atom. The van der Waals surface area contributed by atoms with Crippen molar-refractivity contribution in [3.63, 3.8) is 0 Å². The number of nitrogens with two attached hydrogens (primary N) is 1. The van der Waals surface area contributed by atoms with Crippen molar-refractivity contribution in [1.82, 2.24) is 29.8 Å². The van der Waals surface area contributed by atoms with Crippen LogP contribution in [0.15, 0.2) is 45.4 Å². The Morgan fingerprint density at radius 3 is 2.82 bits per heavy atom. The summed E-state index contributed by atoms with van der Waals surface area (Å²) in [5.74, 6) is 2.27. The third-order valence-electron chi connectivity index (χ3n) is 5.13. The zero-order valence-corrected chi connectivity index (χ0v) is 19.5. The Bertz CT molecular complexity index is 1340. The first kappa shape index (κ1) is 22.0. The van der Waals surface area contributed by atoms with Crippen LogP contribution in [0.25, 0.3) is 22.6 Å². The number of carbonyl (C=O) groups excluding carboxylic acids is 1. The predicted octanol–water partition coefficient (Wildman–Crippen LogP) is 3.11. The second-order valence-corrected chi connectivity index (χ2v) is 9.08. The van der Waals surface area contributed by atoms with Gasteiger partial charge in [-0.2, -0.15) is 0 Å². The minimum Gasteiger partial charge on any atom is -0.454 e. The van der Waals surface area contributed by atoms with Crippen LogP contribution in [0, 0.1) is 5.92 Å². The molecule has 0 saturated heterocycles. The third-order valence-corrected chi connectivity index (χ3v) is 6.19. The third kappa shape index (κ3) is 4.36. The highest BCUT2D eigenvalue weighted by molar-refractivity contribution is 7.99. The van der Waals surface area contributed by atoms with Gasteiger partial charge in [0.2, 0.25) is 18.6 Å². The second-order valence-electron chi connectivity index (χ2n) is 8.07. The van der Waals surface area contributed by atoms with Crippen molar-refractivity contribution >= 4 is 34.7 Å². The summed E-state index contributed by atoms with van der Waals surface area (Å²) in [5.41, 5.74) is 7.84. The van der Waals surface area contributed by atoms with Gasteiger partial charge in [0.1, 0.15) is 12.6 Å². The van der Waals surface area contributed by atoms with E-state index in [-0.39, 0.29) is 24.9 Å². The van der Waals surface area contributed by atoms with Gasteiger partial charge < -0.3 is 29.5 Å². The van der Waals surface area contributed by atoms with Crippen molar-refractivity contribution < 1.29 is 18.7 Å². The van der Waals surface area contributed by atoms with Gasteiger partial charge in [-0.3, -0.25) is 4.79 Å². The fourth-order valence-electron chi connectivity index (χ4n) is 3.46. The normalized spacial score (nSPS) is 12.6. The van der Waals surface area contributed by atoms with Gasteiger partial charge in [-0.05, 0) is 18.1 Å². The summed E-state index contributed by atoms with van der Waals surface area (Å²) >= 11 is 1.37. The number of ether oxygens (including phenoxy) is 2. The summed E-state index contributed by atoms with van der Waals surface area (Å²) in [7, 11) is 0. The number of aryl methyl sites for hydroxylation is 1. The number of hydrogen-bond acceptors (Lipinski definition) is 10. The molecule has 4 aromatic rings. The van der Waals surface area contributed by atoms with Gasteiger partial charge in [-0.25, -0.2) is 19.9 Å². The minimum absolute atomic E-state index is 0.0444. The van der Waals surface area contributed by atoms with E-state index in [0.717, 1.165) is 10.5 Å². The first-order chi connectivity index (χ1) is 16.5. The molecule has 0 spiro atoms. The van der Waals surface area contributed by atoms with Crippen LogP contribution in [0.4, 0.5) is 5.82 Å². The van der Waals surface area contributed by atoms with Crippen LogP contribution in [0.2, 0.25) is 0 Å². The number of amides is 1. The maximum atomic E-state index is 12.4. The van der Waals surface area contributed by atoms with Crippen LogP contribution in [0.1, 0.15) is 20.3 Å². The van der Waals surface area contributed by atoms with E-state index in [1.807, 2.05) is 16.7 Å². The first-order valence-electron chi connectivity index (χ1n) is 10.7. The molecule has 5 rings (SSSR count). The van der Waals surface area contributed by atoms with Gasteiger partial charge in [0.05, 0.1) is 11.8 Å². The number of oxazole rings is 1. The highest BCUT2D eigenvalue weighted by Crippen LogP contribution is 2.44. The van der Waals surface area contributed by atoms with Crippen molar-refractivity contribution in [2.45, 2.75) is 36.9 Å². The Labute approximate surface area is 199 Å². The van der Waals surface area contributed by atoms with Crippen molar-refractivity contribution in [2.24, 2.45) is 5.92 Å². The Kier molecular flexibility index (Phi) is 5.97. The fraction of sp³-hybridized carbons (Fsp3) is 0.318. The maximum Gasteiger partial charge on any atom is 0.231 e. The lowest BCUT2D eigenvalue weighted by Gasteiger charge is -2.11. The first-order valence-corrected chi connectivity index (χ1v) is 11.6. The number of rotatable bonds is 8. The number of imidazole rings is 1. The molecular weight excluding hydrogens is 458 g/mol. The molecule has 0 saturated carbocycles. The predicted molar refractivity (Wildman–Crippen MR) is 124 cm³/mol. The topological polar surface area (TPSA) is 143 Å². The van der Waals surface area contributed by atoms with Gasteiger partial charge in [0.15, 0.2) is 33.6 Å². The molecule has 0 radical (unpaired) electrons. The van der Waals surface area contributed by atoms with E-state index < -0.39 is 0 Å². The van der Waals surface area contributed by atoms with Gasteiger partial charge in [-0.15, -0.1) is 0 Å². The summed E-state index contributed by atoms with van der Waals surface area (Å²) in [6, 6.07) is 3.69. The average molecular weight is 482 g/mol. The van der Waals surface area contributed by atoms with Gasteiger partial charge >= 0.3 is 0 Å². The Morgan fingerprint density at radius 1 is 1.24 bits per heavy atom. The summed E-state index contributed by atoms with van der Waals surface area (Å²) in [4.78, 5) is 30.6. The molecule has 0 fully saturated rings. The van der Waals surface area contributed by atoms with E-state index >= 15 is 0 Å². The number of nitrogens with zero attached hydrogens (tertiary/aromatic N) is 5. The van der Waals surface area contributed by atoms with Gasteiger partial charge in [-0.1, -0.05) is 25.6 Å². The lowest BCUT2D eigenvalue weighted by atomic mass is 10.2.